The molecule has 1 heterocycles. The minimum absolute atomic E-state index is 0.0441. The average molecular weight is 214 g/mol. The van der Waals surface area contributed by atoms with E-state index in [9.17, 15) is 4.79 Å². The van der Waals surface area contributed by atoms with Gasteiger partial charge in [0.05, 0.1) is 5.69 Å². The van der Waals surface area contributed by atoms with Crippen LogP contribution in [0.1, 0.15) is 16.1 Å². The van der Waals surface area contributed by atoms with Gasteiger partial charge in [-0.1, -0.05) is 24.3 Å². The minimum Gasteiger partial charge on any atom is -0.476 e. The number of hydrogen-bond acceptors (Lipinski definition) is 3. The second kappa shape index (κ2) is 4.10. The van der Waals surface area contributed by atoms with E-state index in [1.807, 2.05) is 31.2 Å². The van der Waals surface area contributed by atoms with Crippen molar-refractivity contribution in [1.29, 1.82) is 0 Å². The number of hydrogen-bond donors (Lipinski definition) is 1. The van der Waals surface area contributed by atoms with Gasteiger partial charge in [-0.25, -0.2) is 4.79 Å². The van der Waals surface area contributed by atoms with E-state index in [1.165, 1.54) is 6.07 Å². The fourth-order valence-electron chi connectivity index (χ4n) is 1.45. The van der Waals surface area contributed by atoms with Crippen LogP contribution in [0.25, 0.3) is 11.3 Å². The highest BCUT2D eigenvalue weighted by Gasteiger charge is 2.07. The zero-order valence-electron chi connectivity index (χ0n) is 8.71. The van der Waals surface area contributed by atoms with Gasteiger partial charge in [0.2, 0.25) is 0 Å². The van der Waals surface area contributed by atoms with Crippen LogP contribution in [0, 0.1) is 6.92 Å². The molecular formula is C12H10N2O2. The minimum atomic E-state index is -1.07. The van der Waals surface area contributed by atoms with Gasteiger partial charge < -0.3 is 5.11 Å². The SMILES string of the molecule is Cc1ccccc1-c1ccc(C(=O)O)nn1. The van der Waals surface area contributed by atoms with Crippen LogP contribution in [-0.4, -0.2) is 21.3 Å². The molecule has 80 valence electrons. The number of aromatic nitrogens is 2. The Bertz CT molecular complexity index is 521. The second-order valence-electron chi connectivity index (χ2n) is 3.42. The number of carboxylic acids is 1. The number of carbonyl (C=O) groups is 1. The predicted octanol–water partition coefficient (Wildman–Crippen LogP) is 2.15. The van der Waals surface area contributed by atoms with Crippen molar-refractivity contribution in [1.82, 2.24) is 10.2 Å². The Morgan fingerprint density at radius 2 is 1.88 bits per heavy atom. The summed E-state index contributed by atoms with van der Waals surface area (Å²) < 4.78 is 0. The molecule has 0 aliphatic rings. The number of aromatic carboxylic acids is 1. The van der Waals surface area contributed by atoms with Crippen molar-refractivity contribution >= 4 is 5.97 Å². The molecule has 0 amide bonds. The van der Waals surface area contributed by atoms with Crippen molar-refractivity contribution in [3.8, 4) is 11.3 Å². The van der Waals surface area contributed by atoms with Gasteiger partial charge in [-0.3, -0.25) is 0 Å². The van der Waals surface area contributed by atoms with E-state index >= 15 is 0 Å². The monoisotopic (exact) mass is 214 g/mol. The van der Waals surface area contributed by atoms with Crippen LogP contribution in [0.2, 0.25) is 0 Å². The highest BCUT2D eigenvalue weighted by molar-refractivity contribution is 5.85. The standard InChI is InChI=1S/C12H10N2O2/c1-8-4-2-3-5-9(8)10-6-7-11(12(15)16)14-13-10/h2-7H,1H3,(H,15,16). The fourth-order valence-corrected chi connectivity index (χ4v) is 1.45. The van der Waals surface area contributed by atoms with Crippen molar-refractivity contribution in [2.75, 3.05) is 0 Å². The molecule has 0 fully saturated rings. The number of carboxylic acid groups (broad SMARTS) is 1. The van der Waals surface area contributed by atoms with Gasteiger partial charge in [-0.2, -0.15) is 0 Å². The van der Waals surface area contributed by atoms with Gasteiger partial charge in [0, 0.05) is 5.56 Å². The van der Waals surface area contributed by atoms with Crippen LogP contribution >= 0.6 is 0 Å². The highest BCUT2D eigenvalue weighted by Crippen LogP contribution is 2.19. The largest absolute Gasteiger partial charge is 0.476 e. The van der Waals surface area contributed by atoms with Gasteiger partial charge in [0.25, 0.3) is 0 Å². The molecule has 0 spiro atoms. The van der Waals surface area contributed by atoms with E-state index in [4.69, 9.17) is 5.11 Å². The second-order valence-corrected chi connectivity index (χ2v) is 3.42. The number of benzene rings is 1. The normalized spacial score (nSPS) is 10.1. The average Bonchev–Trinajstić information content (AvgIpc) is 2.30. The summed E-state index contributed by atoms with van der Waals surface area (Å²) in [6.45, 7) is 1.97. The Morgan fingerprint density at radius 3 is 2.44 bits per heavy atom. The molecule has 2 aromatic rings. The summed E-state index contributed by atoms with van der Waals surface area (Å²) in [6, 6.07) is 10.9. The molecule has 0 radical (unpaired) electrons. The topological polar surface area (TPSA) is 63.1 Å². The molecule has 0 bridgehead atoms. The van der Waals surface area contributed by atoms with Crippen LogP contribution in [-0.2, 0) is 0 Å². The van der Waals surface area contributed by atoms with E-state index in [0.29, 0.717) is 5.69 Å². The van der Waals surface area contributed by atoms with Crippen LogP contribution in [0.5, 0.6) is 0 Å². The van der Waals surface area contributed by atoms with Gasteiger partial charge in [0.1, 0.15) is 0 Å². The molecule has 2 rings (SSSR count). The molecular weight excluding hydrogens is 204 g/mol. The molecule has 0 atom stereocenters. The summed E-state index contributed by atoms with van der Waals surface area (Å²) in [4.78, 5) is 10.6. The Labute approximate surface area is 92.6 Å². The third-order valence-electron chi connectivity index (χ3n) is 2.30. The maximum atomic E-state index is 10.6. The van der Waals surface area contributed by atoms with E-state index in [1.54, 1.807) is 6.07 Å². The molecule has 0 saturated carbocycles. The van der Waals surface area contributed by atoms with Crippen molar-refractivity contribution in [3.05, 3.63) is 47.7 Å². The summed E-state index contributed by atoms with van der Waals surface area (Å²) >= 11 is 0. The fraction of sp³-hybridized carbons (Fsp3) is 0.0833. The highest BCUT2D eigenvalue weighted by atomic mass is 16.4. The Hall–Kier alpha value is -2.23. The first-order chi connectivity index (χ1) is 7.68. The first-order valence-corrected chi connectivity index (χ1v) is 4.81. The Kier molecular flexibility index (Phi) is 2.64. The molecule has 0 unspecified atom stereocenters. The van der Waals surface area contributed by atoms with E-state index < -0.39 is 5.97 Å². The lowest BCUT2D eigenvalue weighted by molar-refractivity contribution is 0.0689. The van der Waals surface area contributed by atoms with Crippen molar-refractivity contribution in [2.45, 2.75) is 6.92 Å². The summed E-state index contributed by atoms with van der Waals surface area (Å²) in [5.74, 6) is -1.07. The lowest BCUT2D eigenvalue weighted by atomic mass is 10.1. The summed E-state index contributed by atoms with van der Waals surface area (Å²) in [5.41, 5.74) is 2.69. The molecule has 1 aromatic carbocycles. The molecule has 16 heavy (non-hydrogen) atoms. The van der Waals surface area contributed by atoms with Crippen LogP contribution < -0.4 is 0 Å². The molecule has 4 nitrogen and oxygen atoms in total. The van der Waals surface area contributed by atoms with Crippen LogP contribution in [0.3, 0.4) is 0 Å². The maximum Gasteiger partial charge on any atom is 0.356 e. The van der Waals surface area contributed by atoms with E-state index in [-0.39, 0.29) is 5.69 Å². The van der Waals surface area contributed by atoms with Gasteiger partial charge in [0.15, 0.2) is 5.69 Å². The Morgan fingerprint density at radius 1 is 1.12 bits per heavy atom. The van der Waals surface area contributed by atoms with E-state index in [0.717, 1.165) is 11.1 Å². The van der Waals surface area contributed by atoms with E-state index in [2.05, 4.69) is 10.2 Å². The van der Waals surface area contributed by atoms with Crippen LogP contribution in [0.4, 0.5) is 0 Å². The van der Waals surface area contributed by atoms with Gasteiger partial charge >= 0.3 is 5.97 Å². The number of aryl methyl sites for hydroxylation is 1. The summed E-state index contributed by atoms with van der Waals surface area (Å²) in [6.07, 6.45) is 0. The molecule has 0 saturated heterocycles. The van der Waals surface area contributed by atoms with Gasteiger partial charge in [-0.15, -0.1) is 10.2 Å². The van der Waals surface area contributed by atoms with Crippen molar-refractivity contribution < 1.29 is 9.90 Å². The maximum absolute atomic E-state index is 10.6. The van der Waals surface area contributed by atoms with Crippen LogP contribution in [0.15, 0.2) is 36.4 Å². The number of rotatable bonds is 2. The number of nitrogens with zero attached hydrogens (tertiary/aromatic N) is 2. The first kappa shape index (κ1) is 10.3. The zero-order valence-corrected chi connectivity index (χ0v) is 8.71. The first-order valence-electron chi connectivity index (χ1n) is 4.81. The zero-order chi connectivity index (χ0) is 11.5. The van der Waals surface area contributed by atoms with Crippen molar-refractivity contribution in [2.24, 2.45) is 0 Å². The Balaban J connectivity index is 2.43. The molecule has 0 aliphatic carbocycles. The smallest absolute Gasteiger partial charge is 0.356 e. The van der Waals surface area contributed by atoms with Crippen molar-refractivity contribution in [3.63, 3.8) is 0 Å². The lowest BCUT2D eigenvalue weighted by Gasteiger charge is -2.03. The summed E-state index contributed by atoms with van der Waals surface area (Å²) in [7, 11) is 0. The predicted molar refractivity (Wildman–Crippen MR) is 59.2 cm³/mol. The molecule has 0 aliphatic heterocycles. The molecule has 1 N–H and O–H groups in total. The quantitative estimate of drug-likeness (QED) is 0.831. The third-order valence-corrected chi connectivity index (χ3v) is 2.30. The van der Waals surface area contributed by atoms with Gasteiger partial charge in [-0.05, 0) is 24.6 Å². The molecule has 4 heteroatoms. The lowest BCUT2D eigenvalue weighted by Crippen LogP contribution is -2.02. The summed E-state index contributed by atoms with van der Waals surface area (Å²) in [5, 5.41) is 16.2. The molecule has 1 aromatic heterocycles. The third kappa shape index (κ3) is 1.91.